The third-order valence-electron chi connectivity index (χ3n) is 2.78. The average Bonchev–Trinajstić information content (AvgIpc) is 2.64. The number of hydrogen-bond acceptors (Lipinski definition) is 7. The first-order chi connectivity index (χ1) is 7.67. The highest BCUT2D eigenvalue weighted by atomic mass is 15.2. The van der Waals surface area contributed by atoms with Crippen LogP contribution in [0.4, 0.5) is 11.9 Å². The summed E-state index contributed by atoms with van der Waals surface area (Å²) in [6, 6.07) is 0. The van der Waals surface area contributed by atoms with E-state index in [2.05, 4.69) is 19.9 Å². The number of nitrogen functional groups attached to an aromatic ring is 2. The molecular formula is C9H17N7. The molecule has 1 aliphatic rings. The fourth-order valence-electron chi connectivity index (χ4n) is 1.98. The molecule has 2 heterocycles. The molecule has 1 fully saturated rings. The summed E-state index contributed by atoms with van der Waals surface area (Å²) in [6.07, 6.45) is 1.13. The Morgan fingerprint density at radius 3 is 2.44 bits per heavy atom. The summed E-state index contributed by atoms with van der Waals surface area (Å²) >= 11 is 0. The van der Waals surface area contributed by atoms with Gasteiger partial charge in [0.15, 0.2) is 0 Å². The molecule has 1 aromatic rings. The van der Waals surface area contributed by atoms with E-state index in [9.17, 15) is 0 Å². The second-order valence-corrected chi connectivity index (χ2v) is 4.09. The molecule has 6 N–H and O–H groups in total. The SMILES string of the molecule is NCC1CCN(Cc2nc(N)nc(N)n2)C1. The fraction of sp³-hybridized carbons (Fsp3) is 0.667. The normalized spacial score (nSPS) is 21.4. The molecule has 7 heteroatoms. The lowest BCUT2D eigenvalue weighted by atomic mass is 10.1. The van der Waals surface area contributed by atoms with Gasteiger partial charge in [0.05, 0.1) is 6.54 Å². The molecule has 0 aromatic carbocycles. The van der Waals surface area contributed by atoms with Crippen LogP contribution in [-0.4, -0.2) is 39.5 Å². The Kier molecular flexibility index (Phi) is 3.16. The number of nitrogens with zero attached hydrogens (tertiary/aromatic N) is 4. The summed E-state index contributed by atoms with van der Waals surface area (Å²) < 4.78 is 0. The van der Waals surface area contributed by atoms with E-state index in [-0.39, 0.29) is 11.9 Å². The smallest absolute Gasteiger partial charge is 0.225 e. The van der Waals surface area contributed by atoms with E-state index in [0.717, 1.165) is 26.1 Å². The van der Waals surface area contributed by atoms with Gasteiger partial charge in [0, 0.05) is 6.54 Å². The van der Waals surface area contributed by atoms with Crippen LogP contribution in [-0.2, 0) is 6.54 Å². The molecule has 0 bridgehead atoms. The first kappa shape index (κ1) is 11.0. The van der Waals surface area contributed by atoms with Crippen molar-refractivity contribution in [2.24, 2.45) is 11.7 Å². The van der Waals surface area contributed by atoms with E-state index in [0.29, 0.717) is 18.3 Å². The van der Waals surface area contributed by atoms with Crippen molar-refractivity contribution in [1.82, 2.24) is 19.9 Å². The number of anilines is 2. The molecule has 1 saturated heterocycles. The van der Waals surface area contributed by atoms with Gasteiger partial charge in [-0.15, -0.1) is 0 Å². The van der Waals surface area contributed by atoms with Crippen LogP contribution in [0.2, 0.25) is 0 Å². The van der Waals surface area contributed by atoms with Gasteiger partial charge >= 0.3 is 0 Å². The van der Waals surface area contributed by atoms with Crippen molar-refractivity contribution in [2.75, 3.05) is 31.1 Å². The summed E-state index contributed by atoms with van der Waals surface area (Å²) in [4.78, 5) is 14.1. The summed E-state index contributed by atoms with van der Waals surface area (Å²) in [5.74, 6) is 1.56. The Hall–Kier alpha value is -1.47. The molecule has 0 radical (unpaired) electrons. The predicted molar refractivity (Wildman–Crippen MR) is 61.1 cm³/mol. The molecular weight excluding hydrogens is 206 g/mol. The van der Waals surface area contributed by atoms with Crippen LogP contribution in [0, 0.1) is 5.92 Å². The van der Waals surface area contributed by atoms with Crippen molar-refractivity contribution < 1.29 is 0 Å². The van der Waals surface area contributed by atoms with Gasteiger partial charge in [0.1, 0.15) is 5.82 Å². The largest absolute Gasteiger partial charge is 0.368 e. The molecule has 1 unspecified atom stereocenters. The van der Waals surface area contributed by atoms with Crippen molar-refractivity contribution in [2.45, 2.75) is 13.0 Å². The predicted octanol–water partition coefficient (Wildman–Crippen LogP) is -1.18. The molecule has 0 amide bonds. The van der Waals surface area contributed by atoms with Crippen LogP contribution in [0.25, 0.3) is 0 Å². The Bertz CT molecular complexity index is 347. The second-order valence-electron chi connectivity index (χ2n) is 4.09. The molecule has 0 aliphatic carbocycles. The van der Waals surface area contributed by atoms with Crippen LogP contribution in [0.15, 0.2) is 0 Å². The van der Waals surface area contributed by atoms with Gasteiger partial charge in [-0.05, 0) is 25.4 Å². The van der Waals surface area contributed by atoms with E-state index in [1.165, 1.54) is 0 Å². The summed E-state index contributed by atoms with van der Waals surface area (Å²) in [5.41, 5.74) is 16.6. The Morgan fingerprint density at radius 1 is 1.19 bits per heavy atom. The molecule has 1 aromatic heterocycles. The number of aromatic nitrogens is 3. The minimum Gasteiger partial charge on any atom is -0.368 e. The van der Waals surface area contributed by atoms with Gasteiger partial charge in [0.2, 0.25) is 11.9 Å². The first-order valence-corrected chi connectivity index (χ1v) is 5.35. The minimum absolute atomic E-state index is 0.178. The number of rotatable bonds is 3. The third-order valence-corrected chi connectivity index (χ3v) is 2.78. The van der Waals surface area contributed by atoms with Gasteiger partial charge in [-0.1, -0.05) is 0 Å². The summed E-state index contributed by atoms with van der Waals surface area (Å²) in [7, 11) is 0. The van der Waals surface area contributed by atoms with Crippen LogP contribution in [0.5, 0.6) is 0 Å². The van der Waals surface area contributed by atoms with Gasteiger partial charge in [-0.3, -0.25) is 4.90 Å². The number of hydrogen-bond donors (Lipinski definition) is 3. The molecule has 2 rings (SSSR count). The lowest BCUT2D eigenvalue weighted by Crippen LogP contribution is -2.24. The Balaban J connectivity index is 1.99. The maximum atomic E-state index is 5.63. The van der Waals surface area contributed by atoms with Gasteiger partial charge in [-0.2, -0.15) is 15.0 Å². The number of likely N-dealkylation sites (tertiary alicyclic amines) is 1. The Morgan fingerprint density at radius 2 is 1.88 bits per heavy atom. The lowest BCUT2D eigenvalue weighted by molar-refractivity contribution is 0.309. The standard InChI is InChI=1S/C9H17N7/c10-3-6-1-2-16(4-6)5-7-13-8(11)15-9(12)14-7/h6H,1-5,10H2,(H4,11,12,13,14,15). The molecule has 1 aliphatic heterocycles. The highest BCUT2D eigenvalue weighted by molar-refractivity contribution is 5.25. The Labute approximate surface area is 94.1 Å². The maximum Gasteiger partial charge on any atom is 0.225 e. The zero-order chi connectivity index (χ0) is 11.5. The van der Waals surface area contributed by atoms with Crippen molar-refractivity contribution in [3.05, 3.63) is 5.82 Å². The molecule has 16 heavy (non-hydrogen) atoms. The van der Waals surface area contributed by atoms with Crippen LogP contribution < -0.4 is 17.2 Å². The second kappa shape index (κ2) is 4.58. The minimum atomic E-state index is 0.178. The van der Waals surface area contributed by atoms with E-state index < -0.39 is 0 Å². The first-order valence-electron chi connectivity index (χ1n) is 5.35. The fourth-order valence-corrected chi connectivity index (χ4v) is 1.98. The highest BCUT2D eigenvalue weighted by Crippen LogP contribution is 2.16. The van der Waals surface area contributed by atoms with Gasteiger partial charge < -0.3 is 17.2 Å². The van der Waals surface area contributed by atoms with Crippen molar-refractivity contribution >= 4 is 11.9 Å². The topological polar surface area (TPSA) is 120 Å². The highest BCUT2D eigenvalue weighted by Gasteiger charge is 2.22. The molecule has 1 atom stereocenters. The van der Waals surface area contributed by atoms with E-state index in [1.54, 1.807) is 0 Å². The monoisotopic (exact) mass is 223 g/mol. The van der Waals surface area contributed by atoms with Crippen molar-refractivity contribution in [3.8, 4) is 0 Å². The molecule has 88 valence electrons. The van der Waals surface area contributed by atoms with E-state index in [4.69, 9.17) is 17.2 Å². The van der Waals surface area contributed by atoms with Crippen LogP contribution in [0.1, 0.15) is 12.2 Å². The zero-order valence-corrected chi connectivity index (χ0v) is 9.13. The lowest BCUT2D eigenvalue weighted by Gasteiger charge is -2.14. The maximum absolute atomic E-state index is 5.63. The van der Waals surface area contributed by atoms with Crippen molar-refractivity contribution in [1.29, 1.82) is 0 Å². The van der Waals surface area contributed by atoms with Crippen molar-refractivity contribution in [3.63, 3.8) is 0 Å². The number of nitrogens with two attached hydrogens (primary N) is 3. The quantitative estimate of drug-likeness (QED) is 0.589. The van der Waals surface area contributed by atoms with Crippen LogP contribution >= 0.6 is 0 Å². The van der Waals surface area contributed by atoms with Gasteiger partial charge in [-0.25, -0.2) is 0 Å². The zero-order valence-electron chi connectivity index (χ0n) is 9.13. The third kappa shape index (κ3) is 2.56. The van der Waals surface area contributed by atoms with E-state index >= 15 is 0 Å². The van der Waals surface area contributed by atoms with Crippen LogP contribution in [0.3, 0.4) is 0 Å². The summed E-state index contributed by atoms with van der Waals surface area (Å²) in [6.45, 7) is 3.40. The van der Waals surface area contributed by atoms with Gasteiger partial charge in [0.25, 0.3) is 0 Å². The molecule has 7 nitrogen and oxygen atoms in total. The molecule has 0 spiro atoms. The summed E-state index contributed by atoms with van der Waals surface area (Å²) in [5, 5.41) is 0. The molecule has 0 saturated carbocycles. The van der Waals surface area contributed by atoms with E-state index in [1.807, 2.05) is 0 Å². The average molecular weight is 223 g/mol.